The Kier molecular flexibility index (Phi) is 4.60. The summed E-state index contributed by atoms with van der Waals surface area (Å²) in [7, 11) is 0. The summed E-state index contributed by atoms with van der Waals surface area (Å²) in [6, 6.07) is 15.8. The van der Waals surface area contributed by atoms with E-state index in [9.17, 15) is 4.79 Å². The number of pyridine rings is 1. The molecule has 4 nitrogen and oxygen atoms in total. The summed E-state index contributed by atoms with van der Waals surface area (Å²) >= 11 is 3.02. The summed E-state index contributed by atoms with van der Waals surface area (Å²) in [5.41, 5.74) is 3.89. The summed E-state index contributed by atoms with van der Waals surface area (Å²) in [5, 5.41) is 7.76. The van der Waals surface area contributed by atoms with Crippen LogP contribution in [-0.2, 0) is 0 Å². The molecule has 0 aliphatic carbocycles. The van der Waals surface area contributed by atoms with Gasteiger partial charge >= 0.3 is 0 Å². The third-order valence-corrected chi connectivity index (χ3v) is 5.77. The van der Waals surface area contributed by atoms with E-state index in [0.29, 0.717) is 10.7 Å². The van der Waals surface area contributed by atoms with E-state index in [2.05, 4.69) is 15.3 Å². The Morgan fingerprint density at radius 3 is 2.54 bits per heavy atom. The van der Waals surface area contributed by atoms with Crippen molar-refractivity contribution >= 4 is 34.4 Å². The molecule has 0 bridgehead atoms. The van der Waals surface area contributed by atoms with E-state index in [0.717, 1.165) is 27.4 Å². The third kappa shape index (κ3) is 3.42. The van der Waals surface area contributed by atoms with Gasteiger partial charge in [0.05, 0.1) is 5.69 Å². The zero-order valence-corrected chi connectivity index (χ0v) is 15.6. The van der Waals surface area contributed by atoms with Crippen LogP contribution in [0, 0.1) is 6.92 Å². The molecule has 0 fully saturated rings. The number of aromatic nitrogens is 2. The van der Waals surface area contributed by atoms with Gasteiger partial charge < -0.3 is 5.32 Å². The number of amides is 1. The second kappa shape index (κ2) is 7.19. The van der Waals surface area contributed by atoms with Crippen LogP contribution in [0.5, 0.6) is 0 Å². The second-order valence-corrected chi connectivity index (χ2v) is 7.48. The monoisotopic (exact) mass is 377 g/mol. The molecule has 0 saturated heterocycles. The fourth-order valence-electron chi connectivity index (χ4n) is 2.56. The summed E-state index contributed by atoms with van der Waals surface area (Å²) in [6.07, 6.45) is 1.77. The largest absolute Gasteiger partial charge is 0.306 e. The Bertz CT molecular complexity index is 1020. The Hall–Kier alpha value is -2.83. The molecule has 0 saturated carbocycles. The van der Waals surface area contributed by atoms with Gasteiger partial charge in [-0.3, -0.25) is 4.79 Å². The number of benzene rings is 1. The molecule has 1 aromatic carbocycles. The molecule has 3 aromatic heterocycles. The maximum atomic E-state index is 12.6. The number of thiazole rings is 1. The lowest BCUT2D eigenvalue weighted by molar-refractivity contribution is 0.102. The van der Waals surface area contributed by atoms with Crippen molar-refractivity contribution in [2.45, 2.75) is 6.92 Å². The number of hydrogen-bond acceptors (Lipinski definition) is 5. The van der Waals surface area contributed by atoms with Gasteiger partial charge in [0.15, 0.2) is 0 Å². The van der Waals surface area contributed by atoms with Crippen molar-refractivity contribution in [3.63, 3.8) is 0 Å². The van der Waals surface area contributed by atoms with Gasteiger partial charge in [-0.15, -0.1) is 11.3 Å². The zero-order chi connectivity index (χ0) is 17.9. The number of anilines is 1. The van der Waals surface area contributed by atoms with Crippen LogP contribution in [0.15, 0.2) is 65.5 Å². The lowest BCUT2D eigenvalue weighted by Crippen LogP contribution is -2.12. The van der Waals surface area contributed by atoms with Gasteiger partial charge in [0.25, 0.3) is 5.91 Å². The first-order chi connectivity index (χ1) is 12.7. The molecule has 0 spiro atoms. The predicted octanol–water partition coefficient (Wildman–Crippen LogP) is 5.49. The van der Waals surface area contributed by atoms with E-state index in [1.807, 2.05) is 66.2 Å². The van der Waals surface area contributed by atoms with Crippen molar-refractivity contribution in [2.75, 3.05) is 5.32 Å². The summed E-state index contributed by atoms with van der Waals surface area (Å²) in [6.45, 7) is 1.85. The number of thiophene rings is 1. The highest BCUT2D eigenvalue weighted by Crippen LogP contribution is 2.30. The predicted molar refractivity (Wildman–Crippen MR) is 108 cm³/mol. The molecule has 3 heterocycles. The van der Waals surface area contributed by atoms with Crippen LogP contribution >= 0.6 is 22.7 Å². The summed E-state index contributed by atoms with van der Waals surface area (Å²) < 4.78 is 0. The number of carbonyl (C=O) groups excluding carboxylic acids is 1. The van der Waals surface area contributed by atoms with Crippen LogP contribution < -0.4 is 5.32 Å². The number of carbonyl (C=O) groups is 1. The minimum absolute atomic E-state index is 0.179. The topological polar surface area (TPSA) is 54.9 Å². The molecule has 0 aliphatic rings. The first-order valence-electron chi connectivity index (χ1n) is 8.03. The van der Waals surface area contributed by atoms with Crippen molar-refractivity contribution in [2.24, 2.45) is 0 Å². The highest BCUT2D eigenvalue weighted by atomic mass is 32.1. The maximum absolute atomic E-state index is 12.6. The molecule has 4 rings (SSSR count). The van der Waals surface area contributed by atoms with Gasteiger partial charge in [-0.05, 0) is 36.1 Å². The first kappa shape index (κ1) is 16.6. The standard InChI is InChI=1S/C20H15N3OS2/c1-13-18(26-20(22-13)16-9-10-25-12-16)19(24)23-17-8-7-15(11-21-17)14-5-3-2-4-6-14/h2-12H,1H3,(H,21,23,24). The quantitative estimate of drug-likeness (QED) is 0.511. The number of nitrogens with one attached hydrogen (secondary N) is 1. The van der Waals surface area contributed by atoms with E-state index in [4.69, 9.17) is 0 Å². The highest BCUT2D eigenvalue weighted by molar-refractivity contribution is 7.17. The Balaban J connectivity index is 1.52. The minimum atomic E-state index is -0.179. The number of nitrogens with zero attached hydrogens (tertiary/aromatic N) is 2. The van der Waals surface area contributed by atoms with Crippen LogP contribution in [0.1, 0.15) is 15.4 Å². The molecule has 4 aromatic rings. The second-order valence-electron chi connectivity index (χ2n) is 5.70. The molecule has 26 heavy (non-hydrogen) atoms. The highest BCUT2D eigenvalue weighted by Gasteiger charge is 2.17. The molecular weight excluding hydrogens is 362 g/mol. The molecule has 1 amide bonds. The van der Waals surface area contributed by atoms with Gasteiger partial charge in [-0.1, -0.05) is 30.3 Å². The molecule has 6 heteroatoms. The SMILES string of the molecule is Cc1nc(-c2ccsc2)sc1C(=O)Nc1ccc(-c2ccccc2)cn1. The average Bonchev–Trinajstić information content (AvgIpc) is 3.32. The molecule has 0 radical (unpaired) electrons. The van der Waals surface area contributed by atoms with Gasteiger partial charge in [0, 0.05) is 22.7 Å². The number of rotatable bonds is 4. The van der Waals surface area contributed by atoms with Gasteiger partial charge in [-0.25, -0.2) is 9.97 Å². The van der Waals surface area contributed by atoms with Crippen molar-refractivity contribution < 1.29 is 4.79 Å². The first-order valence-corrected chi connectivity index (χ1v) is 9.79. The van der Waals surface area contributed by atoms with E-state index in [-0.39, 0.29) is 5.91 Å². The van der Waals surface area contributed by atoms with E-state index in [1.54, 1.807) is 17.5 Å². The van der Waals surface area contributed by atoms with E-state index in [1.165, 1.54) is 11.3 Å². The lowest BCUT2D eigenvalue weighted by Gasteiger charge is -2.05. The summed E-state index contributed by atoms with van der Waals surface area (Å²) in [5.74, 6) is 0.348. The van der Waals surface area contributed by atoms with Crippen molar-refractivity contribution in [3.8, 4) is 21.7 Å². The molecule has 0 unspecified atom stereocenters. The number of hydrogen-bond donors (Lipinski definition) is 1. The van der Waals surface area contributed by atoms with Crippen LogP contribution in [0.3, 0.4) is 0 Å². The van der Waals surface area contributed by atoms with Crippen LogP contribution in [0.25, 0.3) is 21.7 Å². The maximum Gasteiger partial charge on any atom is 0.268 e. The van der Waals surface area contributed by atoms with Gasteiger partial charge in [0.2, 0.25) is 0 Å². The average molecular weight is 377 g/mol. The van der Waals surface area contributed by atoms with E-state index < -0.39 is 0 Å². The van der Waals surface area contributed by atoms with Gasteiger partial charge in [0.1, 0.15) is 15.7 Å². The fraction of sp³-hybridized carbons (Fsp3) is 0.0500. The lowest BCUT2D eigenvalue weighted by atomic mass is 10.1. The minimum Gasteiger partial charge on any atom is -0.306 e. The Morgan fingerprint density at radius 2 is 1.85 bits per heavy atom. The molecular formula is C20H15N3OS2. The van der Waals surface area contributed by atoms with Crippen molar-refractivity contribution in [3.05, 3.63) is 76.1 Å². The normalized spacial score (nSPS) is 10.7. The molecule has 128 valence electrons. The van der Waals surface area contributed by atoms with Gasteiger partial charge in [-0.2, -0.15) is 11.3 Å². The number of aryl methyl sites for hydroxylation is 1. The molecule has 0 aliphatic heterocycles. The van der Waals surface area contributed by atoms with E-state index >= 15 is 0 Å². The smallest absolute Gasteiger partial charge is 0.268 e. The zero-order valence-electron chi connectivity index (χ0n) is 14.0. The molecule has 1 N–H and O–H groups in total. The third-order valence-electron chi connectivity index (χ3n) is 3.88. The summed E-state index contributed by atoms with van der Waals surface area (Å²) in [4.78, 5) is 22.1. The van der Waals surface area contributed by atoms with Crippen LogP contribution in [0.4, 0.5) is 5.82 Å². The van der Waals surface area contributed by atoms with Crippen molar-refractivity contribution in [1.82, 2.24) is 9.97 Å². The molecule has 0 atom stereocenters. The van der Waals surface area contributed by atoms with Crippen molar-refractivity contribution in [1.29, 1.82) is 0 Å². The van der Waals surface area contributed by atoms with Crippen LogP contribution in [-0.4, -0.2) is 15.9 Å². The Morgan fingerprint density at radius 1 is 1.00 bits per heavy atom. The van der Waals surface area contributed by atoms with Crippen LogP contribution in [0.2, 0.25) is 0 Å². The fourth-order valence-corrected chi connectivity index (χ4v) is 4.23. The Labute approximate surface area is 159 Å².